The number of phenols is 1. The van der Waals surface area contributed by atoms with Crippen molar-refractivity contribution in [3.05, 3.63) is 29.8 Å². The molecule has 1 aromatic rings. The Morgan fingerprint density at radius 2 is 2.12 bits per heavy atom. The van der Waals surface area contributed by atoms with Crippen molar-refractivity contribution in [3.63, 3.8) is 0 Å². The van der Waals surface area contributed by atoms with Crippen LogP contribution in [0.4, 0.5) is 0 Å². The fraction of sp³-hybridized carbons (Fsp3) is 0.462. The van der Waals surface area contributed by atoms with Crippen LogP contribution < -0.4 is 5.73 Å². The van der Waals surface area contributed by atoms with E-state index < -0.39 is 0 Å². The van der Waals surface area contributed by atoms with Crippen molar-refractivity contribution in [2.24, 2.45) is 11.7 Å². The molecule has 1 aromatic carbocycles. The van der Waals surface area contributed by atoms with E-state index in [9.17, 15) is 9.90 Å². The number of carbonyl (C=O) groups is 1. The van der Waals surface area contributed by atoms with Crippen molar-refractivity contribution in [3.8, 4) is 5.75 Å². The number of hydrogen-bond donors (Lipinski definition) is 2. The predicted octanol–water partition coefficient (Wildman–Crippen LogP) is 1.26. The maximum absolute atomic E-state index is 11.8. The predicted molar refractivity (Wildman–Crippen MR) is 65.4 cm³/mol. The van der Waals surface area contributed by atoms with Crippen LogP contribution in [-0.2, 0) is 4.79 Å². The molecule has 0 radical (unpaired) electrons. The molecule has 2 rings (SSSR count). The van der Waals surface area contributed by atoms with E-state index in [1.54, 1.807) is 12.1 Å². The zero-order chi connectivity index (χ0) is 12.4. The SMILES string of the molecule is CC(c1ccc(O)cc1)N1CC(CN)CC1=O. The molecule has 2 atom stereocenters. The molecule has 0 spiro atoms. The first kappa shape index (κ1) is 11.9. The number of likely N-dealkylation sites (tertiary alicyclic amines) is 1. The van der Waals surface area contributed by atoms with Crippen molar-refractivity contribution >= 4 is 5.91 Å². The van der Waals surface area contributed by atoms with Gasteiger partial charge < -0.3 is 15.7 Å². The van der Waals surface area contributed by atoms with Crippen LogP contribution in [0, 0.1) is 5.92 Å². The number of nitrogens with zero attached hydrogens (tertiary/aromatic N) is 1. The number of aromatic hydroxyl groups is 1. The topological polar surface area (TPSA) is 66.6 Å². The molecule has 1 amide bonds. The molecule has 0 aromatic heterocycles. The van der Waals surface area contributed by atoms with Gasteiger partial charge in [-0.1, -0.05) is 12.1 Å². The lowest BCUT2D eigenvalue weighted by Gasteiger charge is -2.25. The van der Waals surface area contributed by atoms with Crippen LogP contribution in [-0.4, -0.2) is 29.0 Å². The molecule has 0 bridgehead atoms. The quantitative estimate of drug-likeness (QED) is 0.827. The van der Waals surface area contributed by atoms with Crippen molar-refractivity contribution in [1.82, 2.24) is 4.90 Å². The third-order valence-electron chi connectivity index (χ3n) is 3.41. The maximum atomic E-state index is 11.8. The number of amides is 1. The summed E-state index contributed by atoms with van der Waals surface area (Å²) in [5, 5.41) is 9.24. The lowest BCUT2D eigenvalue weighted by atomic mass is 10.1. The molecule has 0 aliphatic carbocycles. The Balaban J connectivity index is 2.12. The molecule has 3 N–H and O–H groups in total. The summed E-state index contributed by atoms with van der Waals surface area (Å²) < 4.78 is 0. The second kappa shape index (κ2) is 4.75. The minimum absolute atomic E-state index is 0.0413. The molecule has 17 heavy (non-hydrogen) atoms. The van der Waals surface area contributed by atoms with Gasteiger partial charge >= 0.3 is 0 Å². The highest BCUT2D eigenvalue weighted by Crippen LogP contribution is 2.28. The molecule has 1 heterocycles. The Bertz CT molecular complexity index is 402. The standard InChI is InChI=1S/C13H18N2O2/c1-9(11-2-4-12(16)5-3-11)15-8-10(7-14)6-13(15)17/h2-5,9-10,16H,6-8,14H2,1H3. The molecule has 92 valence electrons. The third kappa shape index (κ3) is 2.42. The number of hydrogen-bond acceptors (Lipinski definition) is 3. The van der Waals surface area contributed by atoms with Crippen molar-refractivity contribution in [1.29, 1.82) is 0 Å². The number of phenolic OH excluding ortho intramolecular Hbond substituents is 1. The summed E-state index contributed by atoms with van der Waals surface area (Å²) in [5.74, 6) is 0.691. The first-order valence-corrected chi connectivity index (χ1v) is 5.90. The third-order valence-corrected chi connectivity index (χ3v) is 3.41. The van der Waals surface area contributed by atoms with E-state index in [4.69, 9.17) is 5.73 Å². The van der Waals surface area contributed by atoms with Crippen LogP contribution in [0.5, 0.6) is 5.75 Å². The summed E-state index contributed by atoms with van der Waals surface area (Å²) in [7, 11) is 0. The summed E-state index contributed by atoms with van der Waals surface area (Å²) in [5.41, 5.74) is 6.64. The molecule has 0 saturated carbocycles. The largest absolute Gasteiger partial charge is 0.508 e. The molecule has 1 aliphatic rings. The van der Waals surface area contributed by atoms with E-state index in [1.807, 2.05) is 24.0 Å². The molecular weight excluding hydrogens is 216 g/mol. The zero-order valence-corrected chi connectivity index (χ0v) is 9.97. The number of benzene rings is 1. The summed E-state index contributed by atoms with van der Waals surface area (Å²) in [6.07, 6.45) is 0.554. The lowest BCUT2D eigenvalue weighted by Crippen LogP contribution is -2.29. The van der Waals surface area contributed by atoms with Crippen LogP contribution in [0.15, 0.2) is 24.3 Å². The minimum atomic E-state index is 0.0413. The van der Waals surface area contributed by atoms with E-state index in [0.717, 1.165) is 12.1 Å². The van der Waals surface area contributed by atoms with Crippen molar-refractivity contribution in [2.45, 2.75) is 19.4 Å². The molecule has 1 saturated heterocycles. The van der Waals surface area contributed by atoms with Crippen LogP contribution in [0.3, 0.4) is 0 Å². The van der Waals surface area contributed by atoms with Gasteiger partial charge in [-0.25, -0.2) is 0 Å². The zero-order valence-electron chi connectivity index (χ0n) is 9.97. The summed E-state index contributed by atoms with van der Waals surface area (Å²) >= 11 is 0. The Morgan fingerprint density at radius 1 is 1.47 bits per heavy atom. The monoisotopic (exact) mass is 234 g/mol. The van der Waals surface area contributed by atoms with Gasteiger partial charge in [-0.2, -0.15) is 0 Å². The van der Waals surface area contributed by atoms with E-state index >= 15 is 0 Å². The lowest BCUT2D eigenvalue weighted by molar-refractivity contribution is -0.129. The summed E-state index contributed by atoms with van der Waals surface area (Å²) in [4.78, 5) is 13.7. The second-order valence-corrected chi connectivity index (χ2v) is 4.62. The van der Waals surface area contributed by atoms with Gasteiger partial charge in [0.15, 0.2) is 0 Å². The Kier molecular flexibility index (Phi) is 3.33. The Hall–Kier alpha value is -1.55. The molecular formula is C13H18N2O2. The van der Waals surface area contributed by atoms with Gasteiger partial charge in [0, 0.05) is 13.0 Å². The van der Waals surface area contributed by atoms with Gasteiger partial charge in [0.1, 0.15) is 5.75 Å². The van der Waals surface area contributed by atoms with E-state index in [1.165, 1.54) is 0 Å². The highest BCUT2D eigenvalue weighted by molar-refractivity contribution is 5.79. The normalized spacial score (nSPS) is 21.9. The van der Waals surface area contributed by atoms with E-state index in [-0.39, 0.29) is 23.6 Å². The van der Waals surface area contributed by atoms with Crippen molar-refractivity contribution in [2.75, 3.05) is 13.1 Å². The van der Waals surface area contributed by atoms with Crippen molar-refractivity contribution < 1.29 is 9.90 Å². The van der Waals surface area contributed by atoms with Crippen LogP contribution in [0.1, 0.15) is 24.9 Å². The molecule has 1 fully saturated rings. The van der Waals surface area contributed by atoms with Gasteiger partial charge in [0.05, 0.1) is 6.04 Å². The average Bonchev–Trinajstić information content (AvgIpc) is 2.71. The molecule has 1 aliphatic heterocycles. The van der Waals surface area contributed by atoms with Crippen LogP contribution in [0.25, 0.3) is 0 Å². The van der Waals surface area contributed by atoms with Crippen LogP contribution in [0.2, 0.25) is 0 Å². The number of rotatable bonds is 3. The first-order chi connectivity index (χ1) is 8.11. The van der Waals surface area contributed by atoms with Gasteiger partial charge in [0.25, 0.3) is 0 Å². The van der Waals surface area contributed by atoms with E-state index in [2.05, 4.69) is 0 Å². The smallest absolute Gasteiger partial charge is 0.223 e. The molecule has 4 nitrogen and oxygen atoms in total. The summed E-state index contributed by atoms with van der Waals surface area (Å²) in [6, 6.07) is 7.03. The highest BCUT2D eigenvalue weighted by Gasteiger charge is 2.32. The molecule has 4 heteroatoms. The Labute approximate surface area is 101 Å². The number of nitrogens with two attached hydrogens (primary N) is 1. The average molecular weight is 234 g/mol. The number of carbonyl (C=O) groups excluding carboxylic acids is 1. The highest BCUT2D eigenvalue weighted by atomic mass is 16.3. The maximum Gasteiger partial charge on any atom is 0.223 e. The van der Waals surface area contributed by atoms with Gasteiger partial charge in [-0.3, -0.25) is 4.79 Å². The second-order valence-electron chi connectivity index (χ2n) is 4.62. The fourth-order valence-corrected chi connectivity index (χ4v) is 2.27. The Morgan fingerprint density at radius 3 is 2.65 bits per heavy atom. The first-order valence-electron chi connectivity index (χ1n) is 5.90. The van der Waals surface area contributed by atoms with Gasteiger partial charge in [0.2, 0.25) is 5.91 Å². The molecule has 2 unspecified atom stereocenters. The van der Waals surface area contributed by atoms with Gasteiger partial charge in [-0.15, -0.1) is 0 Å². The van der Waals surface area contributed by atoms with E-state index in [0.29, 0.717) is 13.0 Å². The van der Waals surface area contributed by atoms with Crippen LogP contribution >= 0.6 is 0 Å². The fourth-order valence-electron chi connectivity index (χ4n) is 2.27. The van der Waals surface area contributed by atoms with Gasteiger partial charge in [-0.05, 0) is 37.1 Å². The summed E-state index contributed by atoms with van der Waals surface area (Å²) in [6.45, 7) is 3.30. The minimum Gasteiger partial charge on any atom is -0.508 e.